The second-order valence-corrected chi connectivity index (χ2v) is 6.15. The zero-order valence-electron chi connectivity index (χ0n) is 12.3. The van der Waals surface area contributed by atoms with Crippen LogP contribution in [0, 0.1) is 11.8 Å². The van der Waals surface area contributed by atoms with Crippen molar-refractivity contribution in [1.82, 2.24) is 4.98 Å². The monoisotopic (exact) mass is 289 g/mol. The minimum absolute atomic E-state index is 0.0834. The molecule has 0 atom stereocenters. The largest absolute Gasteiger partial charge is 0.416 e. The van der Waals surface area contributed by atoms with Crippen LogP contribution in [-0.2, 0) is 11.8 Å². The quantitative estimate of drug-likeness (QED) is 0.872. The normalized spacial score (nSPS) is 13.3. The fourth-order valence-corrected chi connectivity index (χ4v) is 2.67. The van der Waals surface area contributed by atoms with Crippen LogP contribution in [0.5, 0.6) is 0 Å². The molecule has 1 heterocycles. The Morgan fingerprint density at radius 2 is 1.55 bits per heavy atom. The van der Waals surface area contributed by atoms with Crippen LogP contribution < -0.4 is 0 Å². The predicted molar refractivity (Wildman–Crippen MR) is 72.0 cm³/mol. The SMILES string of the molecule is CC(C)CC(O)(CC(C)C)c1cnccc1C(F)(F)F. The van der Waals surface area contributed by atoms with Crippen molar-refractivity contribution in [3.63, 3.8) is 0 Å². The van der Waals surface area contributed by atoms with E-state index in [0.29, 0.717) is 0 Å². The second-order valence-electron chi connectivity index (χ2n) is 6.15. The first kappa shape index (κ1) is 17.0. The highest BCUT2D eigenvalue weighted by Gasteiger charge is 2.41. The molecule has 0 fully saturated rings. The molecule has 1 aromatic heterocycles. The van der Waals surface area contributed by atoms with E-state index in [2.05, 4.69) is 4.98 Å². The van der Waals surface area contributed by atoms with Gasteiger partial charge in [0.1, 0.15) is 0 Å². The summed E-state index contributed by atoms with van der Waals surface area (Å²) in [5, 5.41) is 10.8. The van der Waals surface area contributed by atoms with Gasteiger partial charge in [0.2, 0.25) is 0 Å². The lowest BCUT2D eigenvalue weighted by Gasteiger charge is -2.33. The van der Waals surface area contributed by atoms with Gasteiger partial charge < -0.3 is 5.11 Å². The lowest BCUT2D eigenvalue weighted by atomic mass is 9.78. The first-order valence-electron chi connectivity index (χ1n) is 6.80. The maximum atomic E-state index is 13.1. The fraction of sp³-hybridized carbons (Fsp3) is 0.667. The first-order valence-corrected chi connectivity index (χ1v) is 6.80. The van der Waals surface area contributed by atoms with E-state index in [0.717, 1.165) is 18.5 Å². The van der Waals surface area contributed by atoms with Crippen molar-refractivity contribution in [2.24, 2.45) is 11.8 Å². The summed E-state index contributed by atoms with van der Waals surface area (Å²) < 4.78 is 39.3. The molecule has 0 radical (unpaired) electrons. The number of aliphatic hydroxyl groups is 1. The smallest absolute Gasteiger partial charge is 0.385 e. The Hall–Kier alpha value is -1.10. The molecule has 0 aliphatic heterocycles. The second kappa shape index (κ2) is 6.12. The van der Waals surface area contributed by atoms with E-state index in [-0.39, 0.29) is 30.2 Å². The summed E-state index contributed by atoms with van der Waals surface area (Å²) in [6.07, 6.45) is -1.68. The summed E-state index contributed by atoms with van der Waals surface area (Å²) in [7, 11) is 0. The minimum Gasteiger partial charge on any atom is -0.385 e. The molecule has 0 unspecified atom stereocenters. The Morgan fingerprint density at radius 3 is 1.95 bits per heavy atom. The van der Waals surface area contributed by atoms with Gasteiger partial charge >= 0.3 is 6.18 Å². The van der Waals surface area contributed by atoms with Gasteiger partial charge in [-0.1, -0.05) is 27.7 Å². The van der Waals surface area contributed by atoms with E-state index in [1.807, 2.05) is 27.7 Å². The van der Waals surface area contributed by atoms with Crippen molar-refractivity contribution < 1.29 is 18.3 Å². The zero-order valence-corrected chi connectivity index (χ0v) is 12.3. The summed E-state index contributed by atoms with van der Waals surface area (Å²) in [6.45, 7) is 7.54. The average molecular weight is 289 g/mol. The highest BCUT2D eigenvalue weighted by atomic mass is 19.4. The van der Waals surface area contributed by atoms with Gasteiger partial charge in [-0.2, -0.15) is 13.2 Å². The van der Waals surface area contributed by atoms with Crippen LogP contribution in [-0.4, -0.2) is 10.1 Å². The van der Waals surface area contributed by atoms with Gasteiger partial charge in [0.15, 0.2) is 0 Å². The van der Waals surface area contributed by atoms with Gasteiger partial charge in [0.25, 0.3) is 0 Å². The fourth-order valence-electron chi connectivity index (χ4n) is 2.67. The van der Waals surface area contributed by atoms with Gasteiger partial charge in [0.05, 0.1) is 11.2 Å². The molecule has 5 heteroatoms. The van der Waals surface area contributed by atoms with E-state index in [4.69, 9.17) is 0 Å². The van der Waals surface area contributed by atoms with Crippen LogP contribution in [0.1, 0.15) is 51.7 Å². The third kappa shape index (κ3) is 4.20. The molecule has 0 aliphatic carbocycles. The van der Waals surface area contributed by atoms with Crippen molar-refractivity contribution in [1.29, 1.82) is 0 Å². The van der Waals surface area contributed by atoms with Crippen molar-refractivity contribution >= 4 is 0 Å². The number of pyridine rings is 1. The Kier molecular flexibility index (Phi) is 5.19. The van der Waals surface area contributed by atoms with Crippen LogP contribution >= 0.6 is 0 Å². The molecular weight excluding hydrogens is 267 g/mol. The third-order valence-corrected chi connectivity index (χ3v) is 3.12. The summed E-state index contributed by atoms with van der Waals surface area (Å²) in [5.41, 5.74) is -2.41. The molecule has 0 aliphatic rings. The maximum absolute atomic E-state index is 13.1. The van der Waals surface area contributed by atoms with Gasteiger partial charge in [-0.25, -0.2) is 0 Å². The minimum atomic E-state index is -4.49. The topological polar surface area (TPSA) is 33.1 Å². The summed E-state index contributed by atoms with van der Waals surface area (Å²) >= 11 is 0. The Labute approximate surface area is 118 Å². The standard InChI is InChI=1S/C15H22F3NO/c1-10(2)7-14(20,8-11(3)4)13-9-19-6-5-12(13)15(16,17)18/h5-6,9-11,20H,7-8H2,1-4H3. The molecular formula is C15H22F3NO. The number of halogens is 3. The van der Waals surface area contributed by atoms with E-state index < -0.39 is 17.3 Å². The number of nitrogens with zero attached hydrogens (tertiary/aromatic N) is 1. The van der Waals surface area contributed by atoms with Gasteiger partial charge in [0, 0.05) is 18.0 Å². The number of aromatic nitrogens is 1. The molecule has 0 saturated carbocycles. The zero-order chi connectivity index (χ0) is 15.6. The molecule has 1 N–H and O–H groups in total. The summed E-state index contributed by atoms with van der Waals surface area (Å²) in [6, 6.07) is 0.932. The van der Waals surface area contributed by atoms with Crippen LogP contribution in [0.2, 0.25) is 0 Å². The van der Waals surface area contributed by atoms with Crippen LogP contribution in [0.4, 0.5) is 13.2 Å². The molecule has 2 nitrogen and oxygen atoms in total. The molecule has 1 rings (SSSR count). The molecule has 1 aromatic rings. The van der Waals surface area contributed by atoms with E-state index >= 15 is 0 Å². The number of alkyl halides is 3. The molecule has 0 aromatic carbocycles. The Bertz CT molecular complexity index is 431. The molecule has 0 saturated heterocycles. The van der Waals surface area contributed by atoms with Gasteiger partial charge in [-0.15, -0.1) is 0 Å². The van der Waals surface area contributed by atoms with Gasteiger partial charge in [-0.05, 0) is 30.7 Å². The van der Waals surface area contributed by atoms with Crippen molar-refractivity contribution in [3.05, 3.63) is 29.6 Å². The molecule has 0 spiro atoms. The molecule has 0 bridgehead atoms. The highest BCUT2D eigenvalue weighted by Crippen LogP contribution is 2.41. The number of hydrogen-bond acceptors (Lipinski definition) is 2. The van der Waals surface area contributed by atoms with E-state index in [9.17, 15) is 18.3 Å². The predicted octanol–water partition coefficient (Wildman–Crippen LogP) is 4.38. The Balaban J connectivity index is 3.34. The van der Waals surface area contributed by atoms with Crippen LogP contribution in [0.15, 0.2) is 18.5 Å². The summed E-state index contributed by atoms with van der Waals surface area (Å²) in [5.74, 6) is 0.167. The highest BCUT2D eigenvalue weighted by molar-refractivity contribution is 5.32. The van der Waals surface area contributed by atoms with Gasteiger partial charge in [-0.3, -0.25) is 4.98 Å². The van der Waals surface area contributed by atoms with Crippen molar-refractivity contribution in [2.75, 3.05) is 0 Å². The Morgan fingerprint density at radius 1 is 1.05 bits per heavy atom. The maximum Gasteiger partial charge on any atom is 0.416 e. The number of rotatable bonds is 5. The van der Waals surface area contributed by atoms with Crippen LogP contribution in [0.3, 0.4) is 0 Å². The van der Waals surface area contributed by atoms with Crippen molar-refractivity contribution in [2.45, 2.75) is 52.3 Å². The molecule has 0 amide bonds. The van der Waals surface area contributed by atoms with E-state index in [1.54, 1.807) is 0 Å². The molecule has 20 heavy (non-hydrogen) atoms. The third-order valence-electron chi connectivity index (χ3n) is 3.12. The first-order chi connectivity index (χ1) is 9.06. The lowest BCUT2D eigenvalue weighted by molar-refractivity contribution is -0.141. The van der Waals surface area contributed by atoms with Crippen molar-refractivity contribution in [3.8, 4) is 0 Å². The number of hydrogen-bond donors (Lipinski definition) is 1. The average Bonchev–Trinajstić information content (AvgIpc) is 2.25. The van der Waals surface area contributed by atoms with Crippen LogP contribution in [0.25, 0.3) is 0 Å². The summed E-state index contributed by atoms with van der Waals surface area (Å²) in [4.78, 5) is 3.78. The van der Waals surface area contributed by atoms with E-state index in [1.165, 1.54) is 0 Å². The lowest BCUT2D eigenvalue weighted by Crippen LogP contribution is -2.32. The molecule has 114 valence electrons.